The van der Waals surface area contributed by atoms with Gasteiger partial charge in [-0.2, -0.15) is 0 Å². The summed E-state index contributed by atoms with van der Waals surface area (Å²) in [7, 11) is 0. The highest BCUT2D eigenvalue weighted by molar-refractivity contribution is 6.35. The first-order valence-electron chi connectivity index (χ1n) is 10.7. The van der Waals surface area contributed by atoms with Crippen molar-refractivity contribution in [3.8, 4) is 0 Å². The predicted molar refractivity (Wildman–Crippen MR) is 130 cm³/mol. The summed E-state index contributed by atoms with van der Waals surface area (Å²) in [4.78, 5) is 31.3. The molecule has 33 heavy (non-hydrogen) atoms. The molecule has 1 aliphatic heterocycles. The lowest BCUT2D eigenvalue weighted by molar-refractivity contribution is -0.131. The molecule has 6 nitrogen and oxygen atoms in total. The minimum absolute atomic E-state index is 0.00878. The van der Waals surface area contributed by atoms with Crippen LogP contribution in [-0.2, 0) is 11.2 Å². The molecule has 0 saturated carbocycles. The highest BCUT2D eigenvalue weighted by Gasteiger charge is 2.33. The van der Waals surface area contributed by atoms with Crippen molar-refractivity contribution in [3.05, 3.63) is 93.7 Å². The summed E-state index contributed by atoms with van der Waals surface area (Å²) in [6, 6.07) is 15.3. The van der Waals surface area contributed by atoms with Crippen LogP contribution in [0.1, 0.15) is 40.4 Å². The average molecular weight is 483 g/mol. The van der Waals surface area contributed by atoms with Gasteiger partial charge in [-0.15, -0.1) is 0 Å². The van der Waals surface area contributed by atoms with Crippen LogP contribution in [0.4, 0.5) is 5.69 Å². The third-order valence-electron chi connectivity index (χ3n) is 5.89. The van der Waals surface area contributed by atoms with Crippen molar-refractivity contribution >= 4 is 40.7 Å². The first-order valence-corrected chi connectivity index (χ1v) is 11.5. The van der Waals surface area contributed by atoms with Crippen LogP contribution < -0.4 is 11.1 Å². The molecule has 4 rings (SSSR count). The Morgan fingerprint density at radius 1 is 1.09 bits per heavy atom. The minimum Gasteiger partial charge on any atom is -0.338 e. The number of anilines is 1. The van der Waals surface area contributed by atoms with Gasteiger partial charge in [-0.05, 0) is 60.4 Å². The number of amides is 2. The lowest BCUT2D eigenvalue weighted by Crippen LogP contribution is -2.42. The van der Waals surface area contributed by atoms with Crippen molar-refractivity contribution in [3.63, 3.8) is 0 Å². The third-order valence-corrected chi connectivity index (χ3v) is 6.47. The van der Waals surface area contributed by atoms with Crippen LogP contribution in [0.3, 0.4) is 0 Å². The summed E-state index contributed by atoms with van der Waals surface area (Å²) in [5.74, 6) is -0.218. The van der Waals surface area contributed by atoms with Crippen LogP contribution in [0.15, 0.2) is 67.0 Å². The third kappa shape index (κ3) is 5.53. The number of aromatic nitrogens is 1. The monoisotopic (exact) mass is 482 g/mol. The van der Waals surface area contributed by atoms with Gasteiger partial charge in [0.1, 0.15) is 0 Å². The van der Waals surface area contributed by atoms with Gasteiger partial charge >= 0.3 is 0 Å². The van der Waals surface area contributed by atoms with E-state index >= 15 is 0 Å². The van der Waals surface area contributed by atoms with E-state index in [1.54, 1.807) is 54.9 Å². The second kappa shape index (κ2) is 10.3. The smallest absolute Gasteiger partial charge is 0.255 e. The highest BCUT2D eigenvalue weighted by Crippen LogP contribution is 2.30. The van der Waals surface area contributed by atoms with Crippen molar-refractivity contribution in [2.75, 3.05) is 11.9 Å². The molecule has 1 saturated heterocycles. The first-order chi connectivity index (χ1) is 15.9. The fourth-order valence-corrected chi connectivity index (χ4v) is 4.60. The largest absolute Gasteiger partial charge is 0.338 e. The molecule has 2 amide bonds. The molecule has 0 radical (unpaired) electrons. The van der Waals surface area contributed by atoms with Crippen molar-refractivity contribution in [1.82, 2.24) is 9.88 Å². The Balaban J connectivity index is 1.42. The Bertz CT molecular complexity index is 1140. The molecule has 0 spiro atoms. The predicted octanol–water partition coefficient (Wildman–Crippen LogP) is 4.87. The molecule has 2 unspecified atom stereocenters. The lowest BCUT2D eigenvalue weighted by atomic mass is 9.96. The van der Waals surface area contributed by atoms with Gasteiger partial charge in [-0.3, -0.25) is 14.6 Å². The molecule has 3 N–H and O–H groups in total. The maximum absolute atomic E-state index is 13.0. The summed E-state index contributed by atoms with van der Waals surface area (Å²) < 4.78 is 0. The molecule has 0 aliphatic carbocycles. The lowest BCUT2D eigenvalue weighted by Gasteiger charge is -2.30. The fourth-order valence-electron chi connectivity index (χ4n) is 4.12. The molecule has 1 aliphatic rings. The zero-order valence-electron chi connectivity index (χ0n) is 17.9. The van der Waals surface area contributed by atoms with Gasteiger partial charge in [-0.25, -0.2) is 0 Å². The van der Waals surface area contributed by atoms with Crippen LogP contribution in [0.2, 0.25) is 10.0 Å². The number of carbonyl (C=O) groups excluding carboxylic acids is 2. The topological polar surface area (TPSA) is 88.3 Å². The van der Waals surface area contributed by atoms with Crippen LogP contribution >= 0.6 is 23.2 Å². The summed E-state index contributed by atoms with van der Waals surface area (Å²) in [5.41, 5.74) is 9.41. The van der Waals surface area contributed by atoms with E-state index in [1.807, 2.05) is 17.0 Å². The molecule has 0 bridgehead atoms. The Morgan fingerprint density at radius 2 is 1.82 bits per heavy atom. The van der Waals surface area contributed by atoms with Crippen LogP contribution in [-0.4, -0.2) is 34.3 Å². The molecule has 2 heterocycles. The number of carbonyl (C=O) groups is 2. The Labute approximate surface area is 202 Å². The Morgan fingerprint density at radius 3 is 2.52 bits per heavy atom. The number of likely N-dealkylation sites (tertiary alicyclic amines) is 1. The number of nitrogens with one attached hydrogen (secondary N) is 1. The van der Waals surface area contributed by atoms with E-state index in [4.69, 9.17) is 28.9 Å². The molecule has 8 heteroatoms. The number of rotatable bonds is 6. The molecule has 1 aromatic heterocycles. The van der Waals surface area contributed by atoms with Gasteiger partial charge in [-0.1, -0.05) is 41.4 Å². The van der Waals surface area contributed by atoms with E-state index in [0.717, 1.165) is 24.0 Å². The standard InChI is InChI=1S/C25H24Cl2N4O2/c26-19-8-7-18(21(27)15-19)14-23(32)31-13-1-2-22(31)24(28)16-3-5-17(6-4-16)25(33)30-20-9-11-29-12-10-20/h3-12,15,22,24H,1-2,13-14,28H2,(H,29,30,33). The number of hydrogen-bond donors (Lipinski definition) is 2. The number of nitrogens with zero attached hydrogens (tertiary/aromatic N) is 2. The molecule has 2 aromatic carbocycles. The molecular formula is C25H24Cl2N4O2. The number of benzene rings is 2. The van der Waals surface area contributed by atoms with Gasteiger partial charge in [0.25, 0.3) is 5.91 Å². The van der Waals surface area contributed by atoms with Gasteiger partial charge < -0.3 is 16.0 Å². The SMILES string of the molecule is NC(c1ccc(C(=O)Nc2ccncc2)cc1)C1CCCN1C(=O)Cc1ccc(Cl)cc1Cl. The van der Waals surface area contributed by atoms with E-state index in [1.165, 1.54) is 0 Å². The number of pyridine rings is 1. The van der Waals surface area contributed by atoms with E-state index in [0.29, 0.717) is 27.8 Å². The van der Waals surface area contributed by atoms with Crippen LogP contribution in [0.5, 0.6) is 0 Å². The van der Waals surface area contributed by atoms with Crippen LogP contribution in [0.25, 0.3) is 0 Å². The number of nitrogens with two attached hydrogens (primary N) is 1. The van der Waals surface area contributed by atoms with Crippen LogP contribution in [0, 0.1) is 0 Å². The second-order valence-electron chi connectivity index (χ2n) is 8.05. The van der Waals surface area contributed by atoms with E-state index in [9.17, 15) is 9.59 Å². The van der Waals surface area contributed by atoms with Crippen molar-refractivity contribution < 1.29 is 9.59 Å². The Hall–Kier alpha value is -2.93. The molecule has 1 fully saturated rings. The normalized spacial score (nSPS) is 16.5. The van der Waals surface area contributed by atoms with E-state index in [2.05, 4.69) is 10.3 Å². The zero-order chi connectivity index (χ0) is 23.4. The van der Waals surface area contributed by atoms with Gasteiger partial charge in [0.05, 0.1) is 18.5 Å². The average Bonchev–Trinajstić information content (AvgIpc) is 3.31. The minimum atomic E-state index is -0.352. The molecule has 170 valence electrons. The van der Waals surface area contributed by atoms with Gasteiger partial charge in [0, 0.05) is 40.2 Å². The Kier molecular flexibility index (Phi) is 7.28. The summed E-state index contributed by atoms with van der Waals surface area (Å²) in [6.45, 7) is 0.662. The van der Waals surface area contributed by atoms with Crippen molar-refractivity contribution in [1.29, 1.82) is 0 Å². The fraction of sp³-hybridized carbons (Fsp3) is 0.240. The summed E-state index contributed by atoms with van der Waals surface area (Å²) in [5, 5.41) is 3.85. The van der Waals surface area contributed by atoms with Gasteiger partial charge in [0.2, 0.25) is 5.91 Å². The molecule has 2 atom stereocenters. The number of halogens is 2. The molecular weight excluding hydrogens is 459 g/mol. The second-order valence-corrected chi connectivity index (χ2v) is 8.89. The number of hydrogen-bond acceptors (Lipinski definition) is 4. The van der Waals surface area contributed by atoms with Crippen molar-refractivity contribution in [2.24, 2.45) is 5.73 Å². The maximum Gasteiger partial charge on any atom is 0.255 e. The van der Waals surface area contributed by atoms with Gasteiger partial charge in [0.15, 0.2) is 0 Å². The summed E-state index contributed by atoms with van der Waals surface area (Å²) in [6.07, 6.45) is 5.16. The quantitative estimate of drug-likeness (QED) is 0.524. The van der Waals surface area contributed by atoms with E-state index in [-0.39, 0.29) is 30.3 Å². The maximum atomic E-state index is 13.0. The van der Waals surface area contributed by atoms with E-state index < -0.39 is 0 Å². The van der Waals surface area contributed by atoms with Crippen molar-refractivity contribution in [2.45, 2.75) is 31.3 Å². The first kappa shape index (κ1) is 23.2. The molecule has 3 aromatic rings. The summed E-state index contributed by atoms with van der Waals surface area (Å²) >= 11 is 12.2. The highest BCUT2D eigenvalue weighted by atomic mass is 35.5. The zero-order valence-corrected chi connectivity index (χ0v) is 19.4.